The van der Waals surface area contributed by atoms with Crippen molar-refractivity contribution < 1.29 is 19.4 Å². The molecule has 0 radical (unpaired) electrons. The monoisotopic (exact) mass is 290 g/mol. The number of carboxylic acid groups (broad SMARTS) is 1. The Bertz CT molecular complexity index is 528. The molecule has 112 valence electrons. The Kier molecular flexibility index (Phi) is 3.88. The van der Waals surface area contributed by atoms with Crippen LogP contribution < -0.4 is 0 Å². The van der Waals surface area contributed by atoms with Crippen LogP contribution in [0.1, 0.15) is 30.9 Å². The number of amides is 1. The summed E-state index contributed by atoms with van der Waals surface area (Å²) in [6.07, 6.45) is 5.25. The second-order valence-corrected chi connectivity index (χ2v) is 5.56. The number of ether oxygens (including phenoxy) is 1. The van der Waals surface area contributed by atoms with Crippen LogP contribution in [-0.2, 0) is 14.3 Å². The van der Waals surface area contributed by atoms with Gasteiger partial charge < -0.3 is 14.7 Å². The zero-order chi connectivity index (χ0) is 14.8. The summed E-state index contributed by atoms with van der Waals surface area (Å²) < 4.78 is 5.59. The molecule has 3 rings (SSSR count). The average molecular weight is 290 g/mol. The minimum Gasteiger partial charge on any atom is -0.481 e. The summed E-state index contributed by atoms with van der Waals surface area (Å²) in [5, 5.41) is 9.41. The highest BCUT2D eigenvalue weighted by molar-refractivity contribution is 5.87. The summed E-state index contributed by atoms with van der Waals surface area (Å²) in [6, 6.07) is 3.14. The Morgan fingerprint density at radius 3 is 3.00 bits per heavy atom. The molecule has 3 atom stereocenters. The number of carboxylic acids is 1. The first kappa shape index (κ1) is 14.0. The van der Waals surface area contributed by atoms with E-state index in [0.717, 1.165) is 18.4 Å². The molecular weight excluding hydrogens is 272 g/mol. The molecule has 3 heterocycles. The lowest BCUT2D eigenvalue weighted by molar-refractivity contribution is -0.142. The highest BCUT2D eigenvalue weighted by atomic mass is 16.5. The van der Waals surface area contributed by atoms with Crippen LogP contribution in [0.15, 0.2) is 24.5 Å². The third-order valence-electron chi connectivity index (χ3n) is 4.20. The normalized spacial score (nSPS) is 29.0. The van der Waals surface area contributed by atoms with Crippen molar-refractivity contribution in [3.8, 4) is 0 Å². The highest BCUT2D eigenvalue weighted by Gasteiger charge is 2.45. The van der Waals surface area contributed by atoms with Gasteiger partial charge in [-0.25, -0.2) is 0 Å². The standard InChI is InChI=1S/C15H18N2O4/c18-13-7-12(15(19)20)14(10-3-1-5-16-8-10)17(13)9-11-4-2-6-21-11/h1,3,5,8,11-12,14H,2,4,6-7,9H2,(H,19,20)/t11-,12-,14-/m1/s1. The zero-order valence-electron chi connectivity index (χ0n) is 11.6. The molecule has 1 N–H and O–H groups in total. The fourth-order valence-corrected chi connectivity index (χ4v) is 3.20. The van der Waals surface area contributed by atoms with Gasteiger partial charge in [-0.05, 0) is 24.5 Å². The summed E-state index contributed by atoms with van der Waals surface area (Å²) in [7, 11) is 0. The molecule has 2 fully saturated rings. The Hall–Kier alpha value is -1.95. The van der Waals surface area contributed by atoms with E-state index < -0.39 is 17.9 Å². The van der Waals surface area contributed by atoms with Gasteiger partial charge in [0, 0.05) is 32.0 Å². The van der Waals surface area contributed by atoms with E-state index in [1.807, 2.05) is 6.07 Å². The van der Waals surface area contributed by atoms with Crippen molar-refractivity contribution in [1.29, 1.82) is 0 Å². The lowest BCUT2D eigenvalue weighted by atomic mass is 9.94. The van der Waals surface area contributed by atoms with Crippen molar-refractivity contribution in [3.63, 3.8) is 0 Å². The Morgan fingerprint density at radius 1 is 1.52 bits per heavy atom. The summed E-state index contributed by atoms with van der Waals surface area (Å²) in [5.41, 5.74) is 0.772. The largest absolute Gasteiger partial charge is 0.481 e. The molecule has 2 aliphatic heterocycles. The Balaban J connectivity index is 1.87. The van der Waals surface area contributed by atoms with Crippen LogP contribution in [0.3, 0.4) is 0 Å². The van der Waals surface area contributed by atoms with Crippen molar-refractivity contribution in [2.24, 2.45) is 5.92 Å². The average Bonchev–Trinajstić information content (AvgIpc) is 3.09. The molecule has 0 spiro atoms. The minimum absolute atomic E-state index is 0.0145. The van der Waals surface area contributed by atoms with Gasteiger partial charge in [-0.1, -0.05) is 6.07 Å². The van der Waals surface area contributed by atoms with Gasteiger partial charge in [0.1, 0.15) is 0 Å². The van der Waals surface area contributed by atoms with Gasteiger partial charge in [0.05, 0.1) is 18.1 Å². The first-order chi connectivity index (χ1) is 10.2. The first-order valence-corrected chi connectivity index (χ1v) is 7.20. The van der Waals surface area contributed by atoms with E-state index in [9.17, 15) is 14.7 Å². The molecule has 0 unspecified atom stereocenters. The summed E-state index contributed by atoms with van der Waals surface area (Å²) in [5.74, 6) is -1.78. The van der Waals surface area contributed by atoms with E-state index in [2.05, 4.69) is 4.98 Å². The van der Waals surface area contributed by atoms with E-state index in [0.29, 0.717) is 13.2 Å². The number of nitrogens with zero attached hydrogens (tertiary/aromatic N) is 2. The number of pyridine rings is 1. The van der Waals surface area contributed by atoms with E-state index in [4.69, 9.17) is 4.74 Å². The van der Waals surface area contributed by atoms with E-state index in [1.54, 1.807) is 23.4 Å². The fourth-order valence-electron chi connectivity index (χ4n) is 3.20. The van der Waals surface area contributed by atoms with Crippen LogP contribution >= 0.6 is 0 Å². The van der Waals surface area contributed by atoms with Crippen LogP contribution in [0.5, 0.6) is 0 Å². The quantitative estimate of drug-likeness (QED) is 0.902. The van der Waals surface area contributed by atoms with Gasteiger partial charge >= 0.3 is 5.97 Å². The van der Waals surface area contributed by atoms with Gasteiger partial charge in [0.25, 0.3) is 0 Å². The van der Waals surface area contributed by atoms with Crippen molar-refractivity contribution >= 4 is 11.9 Å². The number of likely N-dealkylation sites (tertiary alicyclic amines) is 1. The van der Waals surface area contributed by atoms with Crippen LogP contribution in [0, 0.1) is 5.92 Å². The third-order valence-corrected chi connectivity index (χ3v) is 4.20. The van der Waals surface area contributed by atoms with Crippen LogP contribution in [0.2, 0.25) is 0 Å². The number of carbonyl (C=O) groups excluding carboxylic acids is 1. The molecule has 0 aliphatic carbocycles. The van der Waals surface area contributed by atoms with Gasteiger partial charge in [-0.15, -0.1) is 0 Å². The van der Waals surface area contributed by atoms with Crippen molar-refractivity contribution in [2.75, 3.05) is 13.2 Å². The van der Waals surface area contributed by atoms with Gasteiger partial charge in [0.2, 0.25) is 5.91 Å². The summed E-state index contributed by atoms with van der Waals surface area (Å²) in [4.78, 5) is 29.4. The Labute approximate surface area is 122 Å². The lowest BCUT2D eigenvalue weighted by Crippen LogP contribution is -2.36. The number of aromatic nitrogens is 1. The summed E-state index contributed by atoms with van der Waals surface area (Å²) in [6.45, 7) is 1.18. The van der Waals surface area contributed by atoms with Crippen LogP contribution in [0.4, 0.5) is 0 Å². The second-order valence-electron chi connectivity index (χ2n) is 5.56. The van der Waals surface area contributed by atoms with Crippen LogP contribution in [-0.4, -0.2) is 46.1 Å². The minimum atomic E-state index is -0.938. The number of carbonyl (C=O) groups is 2. The summed E-state index contributed by atoms with van der Waals surface area (Å²) >= 11 is 0. The van der Waals surface area contributed by atoms with Gasteiger partial charge in [-0.2, -0.15) is 0 Å². The molecule has 2 aliphatic rings. The van der Waals surface area contributed by atoms with Crippen LogP contribution in [0.25, 0.3) is 0 Å². The SMILES string of the molecule is O=C(O)[C@@H]1CC(=O)N(C[C@H]2CCCO2)[C@@H]1c1cccnc1. The molecule has 21 heavy (non-hydrogen) atoms. The van der Waals surface area contributed by atoms with Crippen molar-refractivity contribution in [3.05, 3.63) is 30.1 Å². The maximum Gasteiger partial charge on any atom is 0.309 e. The molecule has 1 amide bonds. The molecule has 1 aromatic heterocycles. The predicted octanol–water partition coefficient (Wildman–Crippen LogP) is 1.23. The van der Waals surface area contributed by atoms with Gasteiger partial charge in [-0.3, -0.25) is 14.6 Å². The smallest absolute Gasteiger partial charge is 0.309 e. The highest BCUT2D eigenvalue weighted by Crippen LogP contribution is 2.38. The lowest BCUT2D eigenvalue weighted by Gasteiger charge is -2.29. The maximum atomic E-state index is 12.2. The van der Waals surface area contributed by atoms with E-state index in [1.165, 1.54) is 0 Å². The second kappa shape index (κ2) is 5.81. The number of aliphatic carboxylic acids is 1. The zero-order valence-corrected chi connectivity index (χ0v) is 11.6. The maximum absolute atomic E-state index is 12.2. The molecule has 0 aromatic carbocycles. The van der Waals surface area contributed by atoms with Crippen molar-refractivity contribution in [2.45, 2.75) is 31.4 Å². The molecule has 1 aromatic rings. The molecule has 6 nitrogen and oxygen atoms in total. The molecule has 0 bridgehead atoms. The van der Waals surface area contributed by atoms with E-state index >= 15 is 0 Å². The Morgan fingerprint density at radius 2 is 2.38 bits per heavy atom. The van der Waals surface area contributed by atoms with E-state index in [-0.39, 0.29) is 18.4 Å². The molecular formula is C15H18N2O4. The predicted molar refractivity (Wildman–Crippen MR) is 73.4 cm³/mol. The number of rotatable bonds is 4. The molecule has 2 saturated heterocycles. The topological polar surface area (TPSA) is 79.7 Å². The van der Waals surface area contributed by atoms with Gasteiger partial charge in [0.15, 0.2) is 0 Å². The van der Waals surface area contributed by atoms with Crippen molar-refractivity contribution in [1.82, 2.24) is 9.88 Å². The molecule has 6 heteroatoms. The molecule has 0 saturated carbocycles. The fraction of sp³-hybridized carbons (Fsp3) is 0.533. The number of hydrogen-bond donors (Lipinski definition) is 1. The first-order valence-electron chi connectivity index (χ1n) is 7.20. The third kappa shape index (κ3) is 2.76. The number of hydrogen-bond acceptors (Lipinski definition) is 4.